The first kappa shape index (κ1) is 25.4. The second kappa shape index (κ2) is 11.0. The van der Waals surface area contributed by atoms with E-state index in [1.807, 2.05) is 12.1 Å². The second-order valence-corrected chi connectivity index (χ2v) is 9.11. The van der Waals surface area contributed by atoms with Crippen molar-refractivity contribution in [1.82, 2.24) is 4.90 Å². The molecule has 0 aromatic heterocycles. The van der Waals surface area contributed by atoms with Crippen LogP contribution in [0, 0.1) is 0 Å². The van der Waals surface area contributed by atoms with E-state index in [2.05, 4.69) is 35.2 Å². The van der Waals surface area contributed by atoms with Gasteiger partial charge in [-0.2, -0.15) is 0 Å². The molecule has 3 aromatic rings. The Morgan fingerprint density at radius 3 is 2.21 bits per heavy atom. The van der Waals surface area contributed by atoms with E-state index in [0.29, 0.717) is 34.3 Å². The third-order valence-corrected chi connectivity index (χ3v) is 6.88. The van der Waals surface area contributed by atoms with Crippen LogP contribution < -0.4 is 23.7 Å². The molecule has 0 spiro atoms. The number of carbonyl (C=O) groups is 1. The molecular weight excluding hydrogens is 482 g/mol. The molecule has 0 fully saturated rings. The zero-order chi connectivity index (χ0) is 26.6. The largest absolute Gasteiger partial charge is 0.496 e. The first-order valence-corrected chi connectivity index (χ1v) is 12.5. The zero-order valence-corrected chi connectivity index (χ0v) is 22.1. The summed E-state index contributed by atoms with van der Waals surface area (Å²) in [4.78, 5) is 15.9. The molecule has 0 radical (unpaired) electrons. The van der Waals surface area contributed by atoms with Gasteiger partial charge in [0.1, 0.15) is 17.1 Å². The van der Waals surface area contributed by atoms with Crippen LogP contribution in [0.25, 0.3) is 11.6 Å². The van der Waals surface area contributed by atoms with Crippen molar-refractivity contribution < 1.29 is 28.5 Å². The summed E-state index contributed by atoms with van der Waals surface area (Å²) in [5, 5.41) is 0. The lowest BCUT2D eigenvalue weighted by Crippen LogP contribution is -2.28. The van der Waals surface area contributed by atoms with Gasteiger partial charge in [0, 0.05) is 25.7 Å². The fraction of sp³-hybridized carbons (Fsp3) is 0.258. The minimum absolute atomic E-state index is 0.210. The third kappa shape index (κ3) is 4.85. The van der Waals surface area contributed by atoms with Gasteiger partial charge >= 0.3 is 0 Å². The van der Waals surface area contributed by atoms with Gasteiger partial charge in [-0.1, -0.05) is 42.5 Å². The van der Waals surface area contributed by atoms with Crippen LogP contribution in [0.3, 0.4) is 0 Å². The normalized spacial score (nSPS) is 16.1. The quantitative estimate of drug-likeness (QED) is 0.362. The molecule has 196 valence electrons. The third-order valence-electron chi connectivity index (χ3n) is 6.88. The number of nitrogens with zero attached hydrogens (tertiary/aromatic N) is 1. The van der Waals surface area contributed by atoms with Crippen LogP contribution in [-0.2, 0) is 6.54 Å². The van der Waals surface area contributed by atoms with Gasteiger partial charge < -0.3 is 23.7 Å². The van der Waals surface area contributed by atoms with Gasteiger partial charge in [0.15, 0.2) is 23.0 Å². The molecule has 7 nitrogen and oxygen atoms in total. The number of methoxy groups -OCH3 is 4. The van der Waals surface area contributed by atoms with Crippen LogP contribution in [0.15, 0.2) is 66.4 Å². The highest BCUT2D eigenvalue weighted by atomic mass is 16.5. The molecule has 0 saturated heterocycles. The molecule has 38 heavy (non-hydrogen) atoms. The highest BCUT2D eigenvalue weighted by Crippen LogP contribution is 2.49. The average Bonchev–Trinajstić information content (AvgIpc) is 3.28. The van der Waals surface area contributed by atoms with Crippen LogP contribution in [-0.4, -0.2) is 52.2 Å². The monoisotopic (exact) mass is 513 g/mol. The molecule has 5 rings (SSSR count). The Balaban J connectivity index is 1.49. The molecular formula is C31H31NO6. The number of rotatable bonds is 8. The first-order valence-electron chi connectivity index (χ1n) is 12.5. The Bertz CT molecular complexity index is 1410. The number of benzene rings is 3. The minimum atomic E-state index is -0.238. The Morgan fingerprint density at radius 1 is 0.842 bits per heavy atom. The molecule has 0 bridgehead atoms. The smallest absolute Gasteiger partial charge is 0.235 e. The Hall–Kier alpha value is -4.23. The molecule has 0 amide bonds. The van der Waals surface area contributed by atoms with Crippen molar-refractivity contribution in [2.45, 2.75) is 13.0 Å². The lowest BCUT2D eigenvalue weighted by atomic mass is 9.94. The van der Waals surface area contributed by atoms with Gasteiger partial charge in [-0.3, -0.25) is 9.69 Å². The van der Waals surface area contributed by atoms with E-state index in [-0.39, 0.29) is 11.5 Å². The molecule has 0 N–H and O–H groups in total. The van der Waals surface area contributed by atoms with Gasteiger partial charge in [0.2, 0.25) is 5.78 Å². The Kier molecular flexibility index (Phi) is 7.38. The van der Waals surface area contributed by atoms with Crippen LogP contribution >= 0.6 is 0 Å². The van der Waals surface area contributed by atoms with Crippen LogP contribution in [0.2, 0.25) is 0 Å². The molecule has 0 unspecified atom stereocenters. The summed E-state index contributed by atoms with van der Waals surface area (Å²) in [5.74, 6) is 2.65. The maximum atomic E-state index is 13.6. The van der Waals surface area contributed by atoms with Gasteiger partial charge in [-0.05, 0) is 41.3 Å². The maximum absolute atomic E-state index is 13.6. The lowest BCUT2D eigenvalue weighted by Gasteiger charge is -2.27. The SMILES string of the molecule is COc1ccc(C=C2Oc3c(c(OC)cc(OC)c3C3=CCN(Cc4ccccc4)CC3)C2=O)cc1OC. The number of hydrogen-bond donors (Lipinski definition) is 0. The summed E-state index contributed by atoms with van der Waals surface area (Å²) in [7, 11) is 6.31. The molecule has 0 saturated carbocycles. The van der Waals surface area contributed by atoms with Crippen molar-refractivity contribution in [2.24, 2.45) is 0 Å². The summed E-state index contributed by atoms with van der Waals surface area (Å²) >= 11 is 0. The first-order chi connectivity index (χ1) is 18.6. The number of hydrogen-bond acceptors (Lipinski definition) is 7. The second-order valence-electron chi connectivity index (χ2n) is 9.11. The summed E-state index contributed by atoms with van der Waals surface area (Å²) in [6.45, 7) is 2.55. The molecule has 0 aliphatic carbocycles. The Morgan fingerprint density at radius 2 is 1.55 bits per heavy atom. The maximum Gasteiger partial charge on any atom is 0.235 e. The molecule has 7 heteroatoms. The number of allylic oxidation sites excluding steroid dienone is 1. The highest BCUT2D eigenvalue weighted by molar-refractivity contribution is 6.17. The van der Waals surface area contributed by atoms with Gasteiger partial charge in [0.05, 0.1) is 34.0 Å². The van der Waals surface area contributed by atoms with Crippen molar-refractivity contribution in [2.75, 3.05) is 41.5 Å². The van der Waals surface area contributed by atoms with Gasteiger partial charge in [0.25, 0.3) is 0 Å². The standard InChI is InChI=1S/C31H31NO6/c1-34-23-11-10-21(16-24(23)35-2)17-27-30(33)29-26(37-4)18-25(36-3)28(31(29)38-27)22-12-14-32(15-13-22)19-20-8-6-5-7-9-20/h5-12,16-18H,13-15,19H2,1-4H3. The van der Waals surface area contributed by atoms with Crippen LogP contribution in [0.1, 0.15) is 33.5 Å². The summed E-state index contributed by atoms with van der Waals surface area (Å²) < 4.78 is 28.4. The molecule has 2 heterocycles. The number of fused-ring (bicyclic) bond motifs is 1. The predicted octanol–water partition coefficient (Wildman–Crippen LogP) is 5.63. The number of ether oxygens (including phenoxy) is 5. The van der Waals surface area contributed by atoms with E-state index < -0.39 is 0 Å². The summed E-state index contributed by atoms with van der Waals surface area (Å²) in [6.07, 6.45) is 4.70. The molecule has 3 aromatic carbocycles. The highest BCUT2D eigenvalue weighted by Gasteiger charge is 2.36. The van der Waals surface area contributed by atoms with E-state index in [0.717, 1.165) is 42.8 Å². The number of carbonyl (C=O) groups excluding carboxylic acids is 1. The van der Waals surface area contributed by atoms with E-state index in [4.69, 9.17) is 23.7 Å². The number of Topliss-reactive ketones (excluding diaryl/α,β-unsaturated/α-hetero) is 1. The van der Waals surface area contributed by atoms with E-state index in [1.165, 1.54) is 5.56 Å². The van der Waals surface area contributed by atoms with E-state index in [1.54, 1.807) is 52.7 Å². The van der Waals surface area contributed by atoms with Crippen LogP contribution in [0.5, 0.6) is 28.7 Å². The molecule has 2 aliphatic heterocycles. The van der Waals surface area contributed by atoms with Crippen molar-refractivity contribution in [3.63, 3.8) is 0 Å². The average molecular weight is 514 g/mol. The van der Waals surface area contributed by atoms with E-state index in [9.17, 15) is 4.79 Å². The van der Waals surface area contributed by atoms with Crippen LogP contribution in [0.4, 0.5) is 0 Å². The van der Waals surface area contributed by atoms with Crippen molar-refractivity contribution >= 4 is 17.4 Å². The van der Waals surface area contributed by atoms with Crippen molar-refractivity contribution in [3.05, 3.63) is 88.7 Å². The summed E-state index contributed by atoms with van der Waals surface area (Å²) in [5.41, 5.74) is 4.32. The Labute approximate surface area is 222 Å². The predicted molar refractivity (Wildman–Crippen MR) is 146 cm³/mol. The molecule has 0 atom stereocenters. The van der Waals surface area contributed by atoms with Crippen molar-refractivity contribution in [1.29, 1.82) is 0 Å². The van der Waals surface area contributed by atoms with Gasteiger partial charge in [-0.25, -0.2) is 0 Å². The topological polar surface area (TPSA) is 66.5 Å². The summed E-state index contributed by atoms with van der Waals surface area (Å²) in [6, 6.07) is 17.7. The minimum Gasteiger partial charge on any atom is -0.496 e. The number of ketones is 1. The fourth-order valence-corrected chi connectivity index (χ4v) is 4.95. The van der Waals surface area contributed by atoms with Crippen molar-refractivity contribution in [3.8, 4) is 28.7 Å². The molecule has 2 aliphatic rings. The van der Waals surface area contributed by atoms with Gasteiger partial charge in [-0.15, -0.1) is 0 Å². The van der Waals surface area contributed by atoms with E-state index >= 15 is 0 Å². The zero-order valence-electron chi connectivity index (χ0n) is 22.1. The fourth-order valence-electron chi connectivity index (χ4n) is 4.95. The lowest BCUT2D eigenvalue weighted by molar-refractivity contribution is 0.101.